The molecule has 2 atom stereocenters. The van der Waals surface area contributed by atoms with Crippen molar-refractivity contribution in [3.05, 3.63) is 66.0 Å². The van der Waals surface area contributed by atoms with Crippen LogP contribution in [0.15, 0.2) is 54.6 Å². The topological polar surface area (TPSA) is 72.5 Å². The zero-order valence-corrected chi connectivity index (χ0v) is 13.2. The van der Waals surface area contributed by atoms with E-state index >= 15 is 0 Å². The van der Waals surface area contributed by atoms with Gasteiger partial charge in [0.1, 0.15) is 18.2 Å². The van der Waals surface area contributed by atoms with Crippen LogP contribution in [0.4, 0.5) is 4.39 Å². The molecule has 0 aromatic heterocycles. The van der Waals surface area contributed by atoms with Crippen molar-refractivity contribution in [2.45, 2.75) is 12.5 Å². The molecule has 0 bridgehead atoms. The maximum atomic E-state index is 12.8. The molecule has 0 fully saturated rings. The molecule has 0 aliphatic heterocycles. The lowest BCUT2D eigenvalue weighted by Gasteiger charge is -2.20. The van der Waals surface area contributed by atoms with Crippen LogP contribution in [0.3, 0.4) is 0 Å². The van der Waals surface area contributed by atoms with E-state index in [9.17, 15) is 14.3 Å². The van der Waals surface area contributed by atoms with E-state index in [1.165, 1.54) is 24.3 Å². The summed E-state index contributed by atoms with van der Waals surface area (Å²) in [6.07, 6.45) is 0.337. The molecule has 0 spiro atoms. The molecule has 1 unspecified atom stereocenters. The molecule has 2 aromatic carbocycles. The van der Waals surface area contributed by atoms with Crippen LogP contribution < -0.4 is 10.5 Å². The fourth-order valence-electron chi connectivity index (χ4n) is 2.13. The minimum atomic E-state index is -0.959. The molecule has 2 aromatic rings. The van der Waals surface area contributed by atoms with E-state index < -0.39 is 17.9 Å². The number of rotatable bonds is 7. The Hall–Kier alpha value is -2.11. The smallest absolute Gasteiger partial charge is 0.308 e. The standard InChI is InChI=1S/C17H18FNO3.ClH/c18-13-6-8-14(9-7-13)22-11-16(19)15(17(20)21)10-12-4-2-1-3-5-12;/h1-9,15-16H,10-11,19H2,(H,20,21);1H/t15-,16?;/m1./s1. The van der Waals surface area contributed by atoms with E-state index in [1.54, 1.807) is 0 Å². The third kappa shape index (κ3) is 5.88. The van der Waals surface area contributed by atoms with Crippen LogP contribution in [0.25, 0.3) is 0 Å². The summed E-state index contributed by atoms with van der Waals surface area (Å²) in [6.45, 7) is 0.0510. The van der Waals surface area contributed by atoms with Gasteiger partial charge in [0.05, 0.1) is 12.0 Å². The Labute approximate surface area is 140 Å². The fourth-order valence-corrected chi connectivity index (χ4v) is 2.13. The predicted octanol–water partition coefficient (Wildman–Crippen LogP) is 2.90. The zero-order chi connectivity index (χ0) is 15.9. The molecular formula is C17H19ClFNO3. The number of nitrogens with two attached hydrogens (primary N) is 1. The molecule has 0 aliphatic rings. The van der Waals surface area contributed by atoms with Crippen molar-refractivity contribution in [2.24, 2.45) is 11.7 Å². The first-order valence-corrected chi connectivity index (χ1v) is 6.97. The molecule has 4 nitrogen and oxygen atoms in total. The number of halogens is 2. The molecule has 0 heterocycles. The first kappa shape index (κ1) is 18.9. The summed E-state index contributed by atoms with van der Waals surface area (Å²) >= 11 is 0. The van der Waals surface area contributed by atoms with Gasteiger partial charge >= 0.3 is 5.97 Å². The molecule has 3 N–H and O–H groups in total. The fraction of sp³-hybridized carbons (Fsp3) is 0.235. The van der Waals surface area contributed by atoms with Crippen LogP contribution in [0.2, 0.25) is 0 Å². The molecule has 0 radical (unpaired) electrons. The maximum absolute atomic E-state index is 12.8. The van der Waals surface area contributed by atoms with Crippen molar-refractivity contribution in [2.75, 3.05) is 6.61 Å². The quantitative estimate of drug-likeness (QED) is 0.813. The van der Waals surface area contributed by atoms with E-state index in [-0.39, 0.29) is 24.8 Å². The number of benzene rings is 2. The van der Waals surface area contributed by atoms with E-state index in [4.69, 9.17) is 10.5 Å². The van der Waals surface area contributed by atoms with Crippen LogP contribution in [0, 0.1) is 11.7 Å². The van der Waals surface area contributed by atoms with Crippen LogP contribution in [0.1, 0.15) is 5.56 Å². The first-order valence-electron chi connectivity index (χ1n) is 6.97. The van der Waals surface area contributed by atoms with Gasteiger partial charge in [-0.1, -0.05) is 30.3 Å². The minimum Gasteiger partial charge on any atom is -0.492 e. The van der Waals surface area contributed by atoms with Gasteiger partial charge in [0, 0.05) is 0 Å². The number of aliphatic carboxylic acids is 1. The Balaban J connectivity index is 0.00000264. The van der Waals surface area contributed by atoms with Gasteiger partial charge in [-0.25, -0.2) is 4.39 Å². The normalized spacial score (nSPS) is 12.8. The van der Waals surface area contributed by atoms with Crippen molar-refractivity contribution < 1.29 is 19.0 Å². The van der Waals surface area contributed by atoms with Gasteiger partial charge in [0.2, 0.25) is 0 Å². The summed E-state index contributed by atoms with van der Waals surface area (Å²) in [4.78, 5) is 11.4. The van der Waals surface area contributed by atoms with Crippen LogP contribution >= 0.6 is 12.4 Å². The summed E-state index contributed by atoms with van der Waals surface area (Å²) in [5.41, 5.74) is 6.87. The Morgan fingerprint density at radius 2 is 1.74 bits per heavy atom. The number of ether oxygens (including phenoxy) is 1. The molecule has 0 saturated heterocycles. The van der Waals surface area contributed by atoms with Gasteiger partial charge in [0.25, 0.3) is 0 Å². The van der Waals surface area contributed by atoms with Crippen molar-refractivity contribution in [3.8, 4) is 5.75 Å². The number of hydrogen-bond donors (Lipinski definition) is 2. The van der Waals surface area contributed by atoms with Gasteiger partial charge in [0.15, 0.2) is 0 Å². The lowest BCUT2D eigenvalue weighted by atomic mass is 9.93. The third-order valence-electron chi connectivity index (χ3n) is 3.39. The molecular weight excluding hydrogens is 321 g/mol. The summed E-state index contributed by atoms with van der Waals surface area (Å²) in [5, 5.41) is 9.35. The highest BCUT2D eigenvalue weighted by Gasteiger charge is 2.26. The molecule has 124 valence electrons. The first-order chi connectivity index (χ1) is 10.6. The van der Waals surface area contributed by atoms with Crippen molar-refractivity contribution in [3.63, 3.8) is 0 Å². The highest BCUT2D eigenvalue weighted by Crippen LogP contribution is 2.15. The second-order valence-corrected chi connectivity index (χ2v) is 5.06. The average molecular weight is 340 g/mol. The average Bonchev–Trinajstić information content (AvgIpc) is 2.52. The summed E-state index contributed by atoms with van der Waals surface area (Å²) in [7, 11) is 0. The summed E-state index contributed by atoms with van der Waals surface area (Å²) < 4.78 is 18.2. The molecule has 0 aliphatic carbocycles. The van der Waals surface area contributed by atoms with Crippen LogP contribution in [-0.2, 0) is 11.2 Å². The Morgan fingerprint density at radius 1 is 1.13 bits per heavy atom. The number of carboxylic acid groups (broad SMARTS) is 1. The largest absolute Gasteiger partial charge is 0.492 e. The van der Waals surface area contributed by atoms with Gasteiger partial charge in [-0.15, -0.1) is 12.4 Å². The van der Waals surface area contributed by atoms with Crippen molar-refractivity contribution in [1.82, 2.24) is 0 Å². The van der Waals surface area contributed by atoms with Crippen LogP contribution in [0.5, 0.6) is 5.75 Å². The highest BCUT2D eigenvalue weighted by atomic mass is 35.5. The van der Waals surface area contributed by atoms with E-state index in [0.29, 0.717) is 12.2 Å². The second-order valence-electron chi connectivity index (χ2n) is 5.06. The molecule has 0 saturated carbocycles. The lowest BCUT2D eigenvalue weighted by Crippen LogP contribution is -2.41. The Morgan fingerprint density at radius 3 is 2.30 bits per heavy atom. The molecule has 0 amide bonds. The minimum absolute atomic E-state index is 0. The van der Waals surface area contributed by atoms with Crippen molar-refractivity contribution in [1.29, 1.82) is 0 Å². The highest BCUT2D eigenvalue weighted by molar-refractivity contribution is 5.85. The van der Waals surface area contributed by atoms with Crippen molar-refractivity contribution >= 4 is 18.4 Å². The SMILES string of the molecule is Cl.NC(COc1ccc(F)cc1)[C@@H](Cc1ccccc1)C(=O)O. The second kappa shape index (κ2) is 9.12. The Bertz CT molecular complexity index is 607. The summed E-state index contributed by atoms with van der Waals surface area (Å²) in [6, 6.07) is 14.2. The Kier molecular flexibility index (Phi) is 7.51. The van der Waals surface area contributed by atoms with Gasteiger partial charge in [-0.05, 0) is 36.2 Å². The molecule has 6 heteroatoms. The predicted molar refractivity (Wildman–Crippen MR) is 88.4 cm³/mol. The molecule has 2 rings (SSSR count). The van der Waals surface area contributed by atoms with Gasteiger partial charge in [-0.2, -0.15) is 0 Å². The number of carboxylic acids is 1. The lowest BCUT2D eigenvalue weighted by molar-refractivity contribution is -0.142. The summed E-state index contributed by atoms with van der Waals surface area (Å²) in [5.74, 6) is -1.60. The third-order valence-corrected chi connectivity index (χ3v) is 3.39. The van der Waals surface area contributed by atoms with Gasteiger partial charge < -0.3 is 15.6 Å². The number of carbonyl (C=O) groups is 1. The monoisotopic (exact) mass is 339 g/mol. The van der Waals surface area contributed by atoms with Gasteiger partial charge in [-0.3, -0.25) is 4.79 Å². The maximum Gasteiger partial charge on any atom is 0.308 e. The van der Waals surface area contributed by atoms with E-state index in [1.807, 2.05) is 30.3 Å². The van der Waals surface area contributed by atoms with E-state index in [2.05, 4.69) is 0 Å². The zero-order valence-electron chi connectivity index (χ0n) is 12.4. The number of hydrogen-bond acceptors (Lipinski definition) is 3. The van der Waals surface area contributed by atoms with E-state index in [0.717, 1.165) is 5.56 Å². The van der Waals surface area contributed by atoms with Crippen LogP contribution in [-0.4, -0.2) is 23.7 Å². The molecule has 23 heavy (non-hydrogen) atoms.